The molecule has 0 spiro atoms. The fourth-order valence-electron chi connectivity index (χ4n) is 2.73. The molecule has 0 heterocycles. The van der Waals surface area contributed by atoms with Gasteiger partial charge < -0.3 is 9.84 Å². The molecule has 1 fully saturated rings. The van der Waals surface area contributed by atoms with Crippen LogP contribution in [0.2, 0.25) is 0 Å². The predicted octanol–water partition coefficient (Wildman–Crippen LogP) is 2.31. The second-order valence-corrected chi connectivity index (χ2v) is 5.05. The lowest BCUT2D eigenvalue weighted by Gasteiger charge is -2.22. The fraction of sp³-hybridized carbons (Fsp3) is 0.857. The van der Waals surface area contributed by atoms with Crippen LogP contribution < -0.4 is 0 Å². The summed E-state index contributed by atoms with van der Waals surface area (Å²) in [7, 11) is 1.77. The Morgan fingerprint density at radius 3 is 2.50 bits per heavy atom. The van der Waals surface area contributed by atoms with Crippen molar-refractivity contribution in [1.29, 1.82) is 0 Å². The van der Waals surface area contributed by atoms with Gasteiger partial charge in [-0.05, 0) is 37.5 Å². The first-order chi connectivity index (χ1) is 7.56. The third kappa shape index (κ3) is 2.78. The van der Waals surface area contributed by atoms with E-state index in [0.717, 1.165) is 12.8 Å². The zero-order valence-corrected chi connectivity index (χ0v) is 10.8. The van der Waals surface area contributed by atoms with Crippen molar-refractivity contribution in [3.05, 3.63) is 0 Å². The van der Waals surface area contributed by atoms with Gasteiger partial charge in [0.1, 0.15) is 0 Å². The highest BCUT2D eigenvalue weighted by Gasteiger charge is 2.48. The van der Waals surface area contributed by atoms with Crippen molar-refractivity contribution in [2.24, 2.45) is 23.7 Å². The second-order valence-electron chi connectivity index (χ2n) is 5.05. The van der Waals surface area contributed by atoms with Crippen LogP contribution in [0.5, 0.6) is 0 Å². The minimum absolute atomic E-state index is 0.0372. The Balaban J connectivity index is 2.47. The maximum absolute atomic E-state index is 10.0. The van der Waals surface area contributed by atoms with E-state index in [4.69, 9.17) is 11.2 Å². The van der Waals surface area contributed by atoms with E-state index in [-0.39, 0.29) is 12.0 Å². The molecular formula is C14H24O2. The van der Waals surface area contributed by atoms with Crippen molar-refractivity contribution in [3.63, 3.8) is 0 Å². The minimum atomic E-state index is -0.341. The van der Waals surface area contributed by atoms with Crippen molar-refractivity contribution in [1.82, 2.24) is 0 Å². The van der Waals surface area contributed by atoms with E-state index >= 15 is 0 Å². The zero-order valence-electron chi connectivity index (χ0n) is 10.8. The first-order valence-electron chi connectivity index (χ1n) is 6.23. The largest absolute Gasteiger partial charge is 0.392 e. The summed E-state index contributed by atoms with van der Waals surface area (Å²) >= 11 is 0. The number of aliphatic hydroxyl groups excluding tert-OH is 1. The zero-order chi connectivity index (χ0) is 12.3. The monoisotopic (exact) mass is 224 g/mol. The molecule has 0 aromatic rings. The van der Waals surface area contributed by atoms with Crippen molar-refractivity contribution in [3.8, 4) is 12.3 Å². The Bertz CT molecular complexity index is 252. The summed E-state index contributed by atoms with van der Waals surface area (Å²) in [6.07, 6.45) is 7.43. The number of ether oxygens (including phenoxy) is 1. The fourth-order valence-corrected chi connectivity index (χ4v) is 2.73. The molecule has 1 aliphatic carbocycles. The van der Waals surface area contributed by atoms with Crippen molar-refractivity contribution < 1.29 is 9.84 Å². The van der Waals surface area contributed by atoms with Gasteiger partial charge in [0, 0.05) is 13.0 Å². The third-order valence-corrected chi connectivity index (χ3v) is 4.07. The first-order valence-corrected chi connectivity index (χ1v) is 6.23. The summed E-state index contributed by atoms with van der Waals surface area (Å²) in [6, 6.07) is 0. The van der Waals surface area contributed by atoms with Gasteiger partial charge in [0.25, 0.3) is 0 Å². The van der Waals surface area contributed by atoms with E-state index in [0.29, 0.717) is 23.9 Å². The Labute approximate surface area is 99.4 Å². The molecule has 0 aliphatic heterocycles. The Kier molecular flexibility index (Phi) is 4.83. The van der Waals surface area contributed by atoms with Gasteiger partial charge in [-0.2, -0.15) is 0 Å². The van der Waals surface area contributed by atoms with Crippen LogP contribution in [0.1, 0.15) is 33.6 Å². The molecule has 0 aromatic heterocycles. The molecule has 0 saturated heterocycles. The summed E-state index contributed by atoms with van der Waals surface area (Å²) in [5, 5.41) is 10.0. The Morgan fingerprint density at radius 1 is 1.44 bits per heavy atom. The average Bonchev–Trinajstić information content (AvgIpc) is 3.08. The standard InChI is InChI=1S/C14H24O2/c1-6-9(3)14(15)12-8-11(12)10(4)13(7-2)16-5/h1,9-15H,7-8H2,2-5H3/t9-,10-,11-,12+,13-,14-/m0/s1. The van der Waals surface area contributed by atoms with Crippen LogP contribution in [0.25, 0.3) is 0 Å². The van der Waals surface area contributed by atoms with Crippen LogP contribution in [0.4, 0.5) is 0 Å². The van der Waals surface area contributed by atoms with Crippen LogP contribution in [0.15, 0.2) is 0 Å². The van der Waals surface area contributed by atoms with Crippen LogP contribution in [0, 0.1) is 36.0 Å². The molecule has 1 aliphatic rings. The molecule has 0 unspecified atom stereocenters. The van der Waals surface area contributed by atoms with Gasteiger partial charge in [-0.15, -0.1) is 12.3 Å². The van der Waals surface area contributed by atoms with Gasteiger partial charge in [-0.3, -0.25) is 0 Å². The normalized spacial score (nSPS) is 31.2. The molecule has 0 aromatic carbocycles. The molecule has 1 N–H and O–H groups in total. The highest BCUT2D eigenvalue weighted by atomic mass is 16.5. The average molecular weight is 224 g/mol. The maximum Gasteiger partial charge on any atom is 0.0705 e. The van der Waals surface area contributed by atoms with Crippen LogP contribution in [-0.2, 0) is 4.74 Å². The number of rotatable bonds is 6. The van der Waals surface area contributed by atoms with Gasteiger partial charge in [0.05, 0.1) is 12.2 Å². The Morgan fingerprint density at radius 2 is 2.06 bits per heavy atom. The molecule has 1 rings (SSSR count). The van der Waals surface area contributed by atoms with Gasteiger partial charge in [0.2, 0.25) is 0 Å². The van der Waals surface area contributed by atoms with Crippen LogP contribution in [-0.4, -0.2) is 24.4 Å². The van der Waals surface area contributed by atoms with Crippen molar-refractivity contribution in [2.75, 3.05) is 7.11 Å². The van der Waals surface area contributed by atoms with E-state index in [1.54, 1.807) is 7.11 Å². The SMILES string of the molecule is C#C[C@H](C)[C@H](O)[C@@H]1C[C@H]1[C@H](C)[C@H](CC)OC. The van der Waals surface area contributed by atoms with E-state index in [9.17, 15) is 5.11 Å². The summed E-state index contributed by atoms with van der Waals surface area (Å²) in [5.41, 5.74) is 0. The summed E-state index contributed by atoms with van der Waals surface area (Å²) < 4.78 is 5.46. The van der Waals surface area contributed by atoms with Crippen molar-refractivity contribution >= 4 is 0 Å². The molecular weight excluding hydrogens is 200 g/mol. The molecule has 0 amide bonds. The van der Waals surface area contributed by atoms with Crippen LogP contribution >= 0.6 is 0 Å². The van der Waals surface area contributed by atoms with Crippen LogP contribution in [0.3, 0.4) is 0 Å². The third-order valence-electron chi connectivity index (χ3n) is 4.07. The van der Waals surface area contributed by atoms with Gasteiger partial charge in [-0.1, -0.05) is 13.8 Å². The molecule has 2 heteroatoms. The number of hydrogen-bond donors (Lipinski definition) is 1. The van der Waals surface area contributed by atoms with E-state index < -0.39 is 0 Å². The second kappa shape index (κ2) is 5.70. The molecule has 1 saturated carbocycles. The lowest BCUT2D eigenvalue weighted by atomic mass is 9.92. The predicted molar refractivity (Wildman–Crippen MR) is 65.9 cm³/mol. The molecule has 0 bridgehead atoms. The Hall–Kier alpha value is -0.520. The smallest absolute Gasteiger partial charge is 0.0705 e. The maximum atomic E-state index is 10.0. The lowest BCUT2D eigenvalue weighted by molar-refractivity contribution is 0.0369. The topological polar surface area (TPSA) is 29.5 Å². The van der Waals surface area contributed by atoms with Gasteiger partial charge in [-0.25, -0.2) is 0 Å². The summed E-state index contributed by atoms with van der Waals surface area (Å²) in [6.45, 7) is 6.27. The number of methoxy groups -OCH3 is 1. The first kappa shape index (κ1) is 13.5. The lowest BCUT2D eigenvalue weighted by Crippen LogP contribution is -2.25. The summed E-state index contributed by atoms with van der Waals surface area (Å²) in [5.74, 6) is 4.06. The van der Waals surface area contributed by atoms with E-state index in [2.05, 4.69) is 19.8 Å². The number of hydrogen-bond acceptors (Lipinski definition) is 2. The molecule has 92 valence electrons. The highest BCUT2D eigenvalue weighted by molar-refractivity contribution is 5.03. The van der Waals surface area contributed by atoms with E-state index in [1.807, 2.05) is 6.92 Å². The highest BCUT2D eigenvalue weighted by Crippen LogP contribution is 2.49. The molecule has 16 heavy (non-hydrogen) atoms. The van der Waals surface area contributed by atoms with Gasteiger partial charge >= 0.3 is 0 Å². The quantitative estimate of drug-likeness (QED) is 0.702. The van der Waals surface area contributed by atoms with Gasteiger partial charge in [0.15, 0.2) is 0 Å². The molecule has 6 atom stereocenters. The minimum Gasteiger partial charge on any atom is -0.392 e. The number of terminal acetylenes is 1. The van der Waals surface area contributed by atoms with Crippen molar-refractivity contribution in [2.45, 2.75) is 45.8 Å². The number of aliphatic hydroxyl groups is 1. The molecule has 2 nitrogen and oxygen atoms in total. The van der Waals surface area contributed by atoms with E-state index in [1.165, 1.54) is 0 Å². The summed E-state index contributed by atoms with van der Waals surface area (Å²) in [4.78, 5) is 0. The molecule has 0 radical (unpaired) electrons.